The summed E-state index contributed by atoms with van der Waals surface area (Å²) >= 11 is 18.2. The lowest BCUT2D eigenvalue weighted by Crippen LogP contribution is -2.00. The second kappa shape index (κ2) is 6.91. The molecule has 0 spiro atoms. The van der Waals surface area contributed by atoms with Gasteiger partial charge in [-0.05, 0) is 24.3 Å². The van der Waals surface area contributed by atoms with Gasteiger partial charge in [-0.2, -0.15) is 5.26 Å². The first-order valence-corrected chi connectivity index (χ1v) is 7.03. The highest BCUT2D eigenvalue weighted by Crippen LogP contribution is 2.33. The first kappa shape index (κ1) is 15.8. The van der Waals surface area contributed by atoms with Gasteiger partial charge >= 0.3 is 0 Å². The van der Waals surface area contributed by atoms with Crippen molar-refractivity contribution in [1.82, 2.24) is 0 Å². The van der Waals surface area contributed by atoms with Crippen molar-refractivity contribution in [3.8, 4) is 17.6 Å². The number of hydrogen-bond acceptors (Lipinski definition) is 3. The second-order valence-electron chi connectivity index (χ2n) is 4.08. The molecule has 2 aromatic carbocycles. The van der Waals surface area contributed by atoms with Crippen LogP contribution in [0.3, 0.4) is 0 Å². The number of benzene rings is 2. The number of methoxy groups -OCH3 is 1. The fourth-order valence-electron chi connectivity index (χ4n) is 1.69. The molecule has 2 rings (SSSR count). The van der Waals surface area contributed by atoms with Crippen LogP contribution in [-0.4, -0.2) is 7.11 Å². The van der Waals surface area contributed by atoms with Gasteiger partial charge < -0.3 is 9.47 Å². The summed E-state index contributed by atoms with van der Waals surface area (Å²) in [6, 6.07) is 10.2. The van der Waals surface area contributed by atoms with Gasteiger partial charge in [-0.3, -0.25) is 0 Å². The van der Waals surface area contributed by atoms with Crippen LogP contribution in [0.15, 0.2) is 30.3 Å². The predicted molar refractivity (Wildman–Crippen MR) is 83.5 cm³/mol. The Kier molecular flexibility index (Phi) is 5.19. The normalized spacial score (nSPS) is 10.0. The topological polar surface area (TPSA) is 42.2 Å². The Morgan fingerprint density at radius 2 is 1.81 bits per heavy atom. The third-order valence-electron chi connectivity index (χ3n) is 2.82. The minimum absolute atomic E-state index is 0.0973. The lowest BCUT2D eigenvalue weighted by molar-refractivity contribution is 0.303. The van der Waals surface area contributed by atoms with Crippen LogP contribution in [0, 0.1) is 11.3 Å². The van der Waals surface area contributed by atoms with Crippen LogP contribution in [-0.2, 0) is 6.61 Å². The van der Waals surface area contributed by atoms with Crippen LogP contribution in [0.1, 0.15) is 11.1 Å². The molecule has 108 valence electrons. The smallest absolute Gasteiger partial charge is 0.141 e. The lowest BCUT2D eigenvalue weighted by Gasteiger charge is -2.12. The summed E-state index contributed by atoms with van der Waals surface area (Å²) in [5, 5.41) is 10.3. The maximum Gasteiger partial charge on any atom is 0.141 e. The molecule has 0 saturated heterocycles. The van der Waals surface area contributed by atoms with Gasteiger partial charge in [0.2, 0.25) is 0 Å². The van der Waals surface area contributed by atoms with E-state index in [1.807, 2.05) is 0 Å². The first-order valence-electron chi connectivity index (χ1n) is 5.90. The van der Waals surface area contributed by atoms with E-state index in [0.717, 1.165) is 0 Å². The molecule has 0 aliphatic rings. The molecule has 0 fully saturated rings. The van der Waals surface area contributed by atoms with Crippen molar-refractivity contribution in [3.05, 3.63) is 56.5 Å². The lowest BCUT2D eigenvalue weighted by atomic mass is 10.2. The van der Waals surface area contributed by atoms with Crippen LogP contribution in [0.25, 0.3) is 0 Å². The third-order valence-corrected chi connectivity index (χ3v) is 4.02. The molecule has 0 unspecified atom stereocenters. The summed E-state index contributed by atoms with van der Waals surface area (Å²) in [6.45, 7) is 0.0973. The number of rotatable bonds is 4. The summed E-state index contributed by atoms with van der Waals surface area (Å²) in [7, 11) is 1.54. The number of nitrogens with zero attached hydrogens (tertiary/aromatic N) is 1. The third kappa shape index (κ3) is 3.54. The fraction of sp³-hybridized carbons (Fsp3) is 0.133. The Morgan fingerprint density at radius 3 is 2.48 bits per heavy atom. The molecule has 0 aromatic heterocycles. The highest BCUT2D eigenvalue weighted by Gasteiger charge is 2.12. The molecule has 0 atom stereocenters. The Morgan fingerprint density at radius 1 is 1.10 bits per heavy atom. The molecule has 0 aliphatic heterocycles. The summed E-state index contributed by atoms with van der Waals surface area (Å²) in [4.78, 5) is 0. The number of hydrogen-bond donors (Lipinski definition) is 0. The van der Waals surface area contributed by atoms with Gasteiger partial charge in [-0.1, -0.05) is 34.8 Å². The molecule has 0 aliphatic carbocycles. The number of ether oxygens (including phenoxy) is 2. The van der Waals surface area contributed by atoms with E-state index in [2.05, 4.69) is 6.07 Å². The van der Waals surface area contributed by atoms with Crippen LogP contribution < -0.4 is 9.47 Å². The zero-order valence-corrected chi connectivity index (χ0v) is 13.3. The quantitative estimate of drug-likeness (QED) is 0.725. The van der Waals surface area contributed by atoms with Gasteiger partial charge in [-0.15, -0.1) is 0 Å². The van der Waals surface area contributed by atoms with Crippen LogP contribution in [0.5, 0.6) is 11.5 Å². The largest absolute Gasteiger partial charge is 0.497 e. The highest BCUT2D eigenvalue weighted by molar-refractivity contribution is 6.44. The molecule has 0 radical (unpaired) electrons. The Hall–Kier alpha value is -1.60. The Bertz CT molecular complexity index is 711. The van der Waals surface area contributed by atoms with Gasteiger partial charge in [0.25, 0.3) is 0 Å². The van der Waals surface area contributed by atoms with Crippen LogP contribution in [0.2, 0.25) is 15.1 Å². The maximum atomic E-state index is 9.09. The van der Waals surface area contributed by atoms with Gasteiger partial charge in [0, 0.05) is 16.7 Å². The van der Waals surface area contributed by atoms with E-state index in [0.29, 0.717) is 37.7 Å². The summed E-state index contributed by atoms with van der Waals surface area (Å²) in [5.41, 5.74) is 0.961. The van der Waals surface area contributed by atoms with Gasteiger partial charge in [0.05, 0.1) is 22.7 Å². The minimum atomic E-state index is 0.0973. The Labute approximate surface area is 137 Å². The van der Waals surface area contributed by atoms with E-state index < -0.39 is 0 Å². The van der Waals surface area contributed by atoms with Gasteiger partial charge in [0.15, 0.2) is 0 Å². The van der Waals surface area contributed by atoms with Crippen molar-refractivity contribution in [2.45, 2.75) is 6.61 Å². The zero-order chi connectivity index (χ0) is 15.4. The van der Waals surface area contributed by atoms with Crippen molar-refractivity contribution in [1.29, 1.82) is 5.26 Å². The van der Waals surface area contributed by atoms with Crippen molar-refractivity contribution in [2.24, 2.45) is 0 Å². The monoisotopic (exact) mass is 341 g/mol. The van der Waals surface area contributed by atoms with Crippen molar-refractivity contribution < 1.29 is 9.47 Å². The van der Waals surface area contributed by atoms with Crippen molar-refractivity contribution >= 4 is 34.8 Å². The van der Waals surface area contributed by atoms with Crippen LogP contribution >= 0.6 is 34.8 Å². The van der Waals surface area contributed by atoms with E-state index in [-0.39, 0.29) is 6.61 Å². The molecular weight excluding hydrogens is 333 g/mol. The standard InChI is InChI=1S/C15H10Cl3NO2/c1-20-10-3-2-9(7-19)14(6-10)21-8-11-12(16)4-5-13(17)15(11)18/h2-6H,8H2,1H3. The van der Waals surface area contributed by atoms with E-state index in [1.165, 1.54) is 7.11 Å². The van der Waals surface area contributed by atoms with E-state index in [9.17, 15) is 0 Å². The molecule has 0 saturated carbocycles. The molecule has 0 N–H and O–H groups in total. The Balaban J connectivity index is 2.29. The van der Waals surface area contributed by atoms with E-state index in [4.69, 9.17) is 49.5 Å². The molecule has 6 heteroatoms. The van der Waals surface area contributed by atoms with E-state index >= 15 is 0 Å². The maximum absolute atomic E-state index is 9.09. The average molecular weight is 343 g/mol. The SMILES string of the molecule is COc1ccc(C#N)c(OCc2c(Cl)ccc(Cl)c2Cl)c1. The minimum Gasteiger partial charge on any atom is -0.497 e. The molecule has 2 aromatic rings. The summed E-state index contributed by atoms with van der Waals surface area (Å²) in [5.74, 6) is 0.983. The van der Waals surface area contributed by atoms with Crippen molar-refractivity contribution in [2.75, 3.05) is 7.11 Å². The van der Waals surface area contributed by atoms with Crippen molar-refractivity contribution in [3.63, 3.8) is 0 Å². The van der Waals surface area contributed by atoms with Gasteiger partial charge in [0.1, 0.15) is 24.2 Å². The summed E-state index contributed by atoms with van der Waals surface area (Å²) in [6.07, 6.45) is 0. The molecule has 0 heterocycles. The number of halogens is 3. The zero-order valence-electron chi connectivity index (χ0n) is 11.0. The highest BCUT2D eigenvalue weighted by atomic mass is 35.5. The van der Waals surface area contributed by atoms with Crippen LogP contribution in [0.4, 0.5) is 0 Å². The fourth-order valence-corrected chi connectivity index (χ4v) is 2.35. The average Bonchev–Trinajstić information content (AvgIpc) is 2.50. The predicted octanol–water partition coefficient (Wildman–Crippen LogP) is 5.11. The molecule has 21 heavy (non-hydrogen) atoms. The molecular formula is C15H10Cl3NO2. The summed E-state index contributed by atoms with van der Waals surface area (Å²) < 4.78 is 10.8. The second-order valence-corrected chi connectivity index (χ2v) is 5.28. The number of nitriles is 1. The van der Waals surface area contributed by atoms with Gasteiger partial charge in [-0.25, -0.2) is 0 Å². The molecule has 3 nitrogen and oxygen atoms in total. The molecule has 0 bridgehead atoms. The first-order chi connectivity index (χ1) is 10.1. The van der Waals surface area contributed by atoms with E-state index in [1.54, 1.807) is 30.3 Å². The molecule has 0 amide bonds.